The Bertz CT molecular complexity index is 342. The summed E-state index contributed by atoms with van der Waals surface area (Å²) in [7, 11) is 1.84. The van der Waals surface area contributed by atoms with Crippen LogP contribution in [0.15, 0.2) is 15.9 Å². The summed E-state index contributed by atoms with van der Waals surface area (Å²) in [5, 5.41) is 2.03. The molecule has 1 rings (SSSR count). The van der Waals surface area contributed by atoms with Gasteiger partial charge in [0.25, 0.3) is 0 Å². The molecule has 0 saturated carbocycles. The van der Waals surface area contributed by atoms with Crippen molar-refractivity contribution in [1.29, 1.82) is 0 Å². The lowest BCUT2D eigenvalue weighted by atomic mass is 10.2. The van der Waals surface area contributed by atoms with Crippen LogP contribution < -0.4 is 0 Å². The van der Waals surface area contributed by atoms with Gasteiger partial charge >= 0.3 is 0 Å². The first kappa shape index (κ1) is 14.0. The Balaban J connectivity index is 2.34. The summed E-state index contributed by atoms with van der Waals surface area (Å²) in [6, 6.07) is 2.05. The number of halogens is 2. The van der Waals surface area contributed by atoms with Crippen LogP contribution in [0.4, 0.5) is 0 Å². The van der Waals surface area contributed by atoms with Crippen molar-refractivity contribution >= 4 is 44.8 Å². The maximum atomic E-state index is 11.7. The van der Waals surface area contributed by atoms with Gasteiger partial charge in [0.1, 0.15) is 0 Å². The van der Waals surface area contributed by atoms with Crippen LogP contribution in [0, 0.1) is 0 Å². The van der Waals surface area contributed by atoms with Crippen molar-refractivity contribution in [3.05, 3.63) is 20.8 Å². The van der Waals surface area contributed by atoms with Crippen molar-refractivity contribution in [3.8, 4) is 0 Å². The Labute approximate surface area is 114 Å². The maximum absolute atomic E-state index is 11.7. The molecular weight excluding hydrogens is 310 g/mol. The third kappa shape index (κ3) is 4.85. The highest BCUT2D eigenvalue weighted by Gasteiger charge is 2.09. The average Bonchev–Trinajstić information content (AvgIpc) is 2.64. The predicted octanol–water partition coefficient (Wildman–Crippen LogP) is 3.88. The number of alkyl halides is 1. The molecule has 0 fully saturated rings. The molecular formula is C11H15BrClNOS. The van der Waals surface area contributed by atoms with E-state index in [1.807, 2.05) is 18.5 Å². The summed E-state index contributed by atoms with van der Waals surface area (Å²) in [4.78, 5) is 14.7. The van der Waals surface area contributed by atoms with Crippen molar-refractivity contribution in [2.45, 2.75) is 25.8 Å². The number of carbonyl (C=O) groups is 1. The van der Waals surface area contributed by atoms with Gasteiger partial charge in [-0.15, -0.1) is 22.9 Å². The van der Waals surface area contributed by atoms with Gasteiger partial charge in [-0.3, -0.25) is 4.79 Å². The van der Waals surface area contributed by atoms with Gasteiger partial charge < -0.3 is 4.90 Å². The Morgan fingerprint density at radius 3 is 2.88 bits per heavy atom. The second kappa shape index (κ2) is 7.30. The van der Waals surface area contributed by atoms with Gasteiger partial charge in [-0.1, -0.05) is 0 Å². The number of rotatable bonds is 6. The Kier molecular flexibility index (Phi) is 6.39. The van der Waals surface area contributed by atoms with Crippen molar-refractivity contribution in [3.63, 3.8) is 0 Å². The van der Waals surface area contributed by atoms with Crippen LogP contribution in [0.2, 0.25) is 0 Å². The van der Waals surface area contributed by atoms with E-state index >= 15 is 0 Å². The van der Waals surface area contributed by atoms with E-state index in [2.05, 4.69) is 15.9 Å². The molecule has 1 amide bonds. The molecule has 1 heterocycles. The van der Waals surface area contributed by atoms with E-state index < -0.39 is 0 Å². The summed E-state index contributed by atoms with van der Waals surface area (Å²) in [5.41, 5.74) is 0. The van der Waals surface area contributed by atoms with E-state index in [4.69, 9.17) is 11.6 Å². The summed E-state index contributed by atoms with van der Waals surface area (Å²) >= 11 is 10.6. The fourth-order valence-electron chi connectivity index (χ4n) is 1.32. The molecule has 0 atom stereocenters. The van der Waals surface area contributed by atoms with Gasteiger partial charge in [0.05, 0.1) is 6.54 Å². The smallest absolute Gasteiger partial charge is 0.222 e. The molecule has 1 aromatic heterocycles. The third-order valence-corrected chi connectivity index (χ3v) is 4.16. The first-order valence-electron chi connectivity index (χ1n) is 5.16. The first-order valence-corrected chi connectivity index (χ1v) is 7.37. The summed E-state index contributed by atoms with van der Waals surface area (Å²) in [6.07, 6.45) is 2.38. The Morgan fingerprint density at radius 2 is 2.31 bits per heavy atom. The second-order valence-corrected chi connectivity index (χ2v) is 5.92. The van der Waals surface area contributed by atoms with Crippen molar-refractivity contribution < 1.29 is 4.79 Å². The van der Waals surface area contributed by atoms with E-state index in [1.165, 1.54) is 4.88 Å². The van der Waals surface area contributed by atoms with Crippen molar-refractivity contribution in [2.75, 3.05) is 12.9 Å². The highest BCUT2D eigenvalue weighted by molar-refractivity contribution is 9.10. The zero-order valence-electron chi connectivity index (χ0n) is 9.21. The molecule has 0 spiro atoms. The van der Waals surface area contributed by atoms with Gasteiger partial charge in [0.15, 0.2) is 0 Å². The molecule has 5 heteroatoms. The molecule has 0 aromatic carbocycles. The number of carbonyl (C=O) groups excluding carboxylic acids is 1. The third-order valence-electron chi connectivity index (χ3n) is 2.21. The number of thiophene rings is 1. The topological polar surface area (TPSA) is 20.3 Å². The zero-order valence-corrected chi connectivity index (χ0v) is 12.4. The fourth-order valence-corrected chi connectivity index (χ4v) is 3.01. The lowest BCUT2D eigenvalue weighted by molar-refractivity contribution is -0.130. The standard InChI is InChI=1S/C11H15BrClNOS/c1-14(11(15)4-2-3-5-13)7-10-6-9(12)8-16-10/h6,8H,2-5,7H2,1H3. The van der Waals surface area contributed by atoms with E-state index in [1.54, 1.807) is 16.2 Å². The minimum atomic E-state index is 0.189. The van der Waals surface area contributed by atoms with Gasteiger partial charge in [-0.25, -0.2) is 0 Å². The number of amides is 1. The van der Waals surface area contributed by atoms with Gasteiger partial charge in [-0.2, -0.15) is 0 Å². The molecule has 0 saturated heterocycles. The number of nitrogens with zero attached hydrogens (tertiary/aromatic N) is 1. The monoisotopic (exact) mass is 323 g/mol. The van der Waals surface area contributed by atoms with Crippen LogP contribution in [0.5, 0.6) is 0 Å². The molecule has 0 unspecified atom stereocenters. The minimum absolute atomic E-state index is 0.189. The second-order valence-electron chi connectivity index (χ2n) is 3.63. The molecule has 1 aromatic rings. The van der Waals surface area contributed by atoms with Crippen LogP contribution in [0.25, 0.3) is 0 Å². The van der Waals surface area contributed by atoms with Crippen LogP contribution in [0.1, 0.15) is 24.1 Å². The van der Waals surface area contributed by atoms with Gasteiger partial charge in [0, 0.05) is 34.1 Å². The SMILES string of the molecule is CN(Cc1cc(Br)cs1)C(=O)CCCCCl. The van der Waals surface area contributed by atoms with E-state index in [0.717, 1.165) is 17.3 Å². The molecule has 2 nitrogen and oxygen atoms in total. The van der Waals surface area contributed by atoms with Crippen molar-refractivity contribution in [2.24, 2.45) is 0 Å². The summed E-state index contributed by atoms with van der Waals surface area (Å²) in [6.45, 7) is 0.690. The Morgan fingerprint density at radius 1 is 1.56 bits per heavy atom. The number of hydrogen-bond donors (Lipinski definition) is 0. The van der Waals surface area contributed by atoms with E-state index in [9.17, 15) is 4.79 Å². The fraction of sp³-hybridized carbons (Fsp3) is 0.545. The number of hydrogen-bond acceptors (Lipinski definition) is 2. The largest absolute Gasteiger partial charge is 0.341 e. The molecule has 90 valence electrons. The molecule has 0 N–H and O–H groups in total. The van der Waals surface area contributed by atoms with Crippen LogP contribution in [0.3, 0.4) is 0 Å². The van der Waals surface area contributed by atoms with Crippen LogP contribution >= 0.6 is 38.9 Å². The minimum Gasteiger partial charge on any atom is -0.341 e. The molecule has 0 radical (unpaired) electrons. The van der Waals surface area contributed by atoms with E-state index in [-0.39, 0.29) is 5.91 Å². The molecule has 16 heavy (non-hydrogen) atoms. The molecule has 0 aliphatic heterocycles. The lowest BCUT2D eigenvalue weighted by Gasteiger charge is -2.15. The molecule has 0 aliphatic carbocycles. The number of unbranched alkanes of at least 4 members (excludes halogenated alkanes) is 1. The quantitative estimate of drug-likeness (QED) is 0.574. The Hall–Kier alpha value is -0.0600. The highest BCUT2D eigenvalue weighted by atomic mass is 79.9. The highest BCUT2D eigenvalue weighted by Crippen LogP contribution is 2.21. The summed E-state index contributed by atoms with van der Waals surface area (Å²) < 4.78 is 1.08. The van der Waals surface area contributed by atoms with E-state index in [0.29, 0.717) is 18.8 Å². The predicted molar refractivity (Wildman–Crippen MR) is 73.1 cm³/mol. The first-order chi connectivity index (χ1) is 7.63. The normalized spacial score (nSPS) is 10.4. The maximum Gasteiger partial charge on any atom is 0.222 e. The molecule has 0 aliphatic rings. The van der Waals surface area contributed by atoms with Crippen LogP contribution in [-0.4, -0.2) is 23.7 Å². The lowest BCUT2D eigenvalue weighted by Crippen LogP contribution is -2.25. The van der Waals surface area contributed by atoms with Gasteiger partial charge in [-0.05, 0) is 34.8 Å². The average molecular weight is 325 g/mol. The zero-order chi connectivity index (χ0) is 12.0. The molecule has 0 bridgehead atoms. The van der Waals surface area contributed by atoms with Crippen LogP contribution in [-0.2, 0) is 11.3 Å². The summed E-state index contributed by atoms with van der Waals surface area (Å²) in [5.74, 6) is 0.823. The van der Waals surface area contributed by atoms with Gasteiger partial charge in [0.2, 0.25) is 5.91 Å². The van der Waals surface area contributed by atoms with Crippen molar-refractivity contribution in [1.82, 2.24) is 4.90 Å².